The molecule has 18 heavy (non-hydrogen) atoms. The number of nitrogens with one attached hydrogen (secondary N) is 1. The number of hydrogen-bond donors (Lipinski definition) is 2. The molecule has 2 N–H and O–H groups in total. The Kier molecular flexibility index (Phi) is 3.08. The fourth-order valence-corrected chi connectivity index (χ4v) is 2.65. The van der Waals surface area contributed by atoms with Gasteiger partial charge in [0.15, 0.2) is 0 Å². The Hall–Kier alpha value is -1.35. The smallest absolute Gasteiger partial charge is 0.110 e. The highest BCUT2D eigenvalue weighted by atomic mass is 16.3. The number of imidazole rings is 1. The lowest BCUT2D eigenvalue weighted by molar-refractivity contribution is 0.262. The average Bonchev–Trinajstić information content (AvgIpc) is 2.70. The molecule has 1 aromatic heterocycles. The third-order valence-corrected chi connectivity index (χ3v) is 4.20. The predicted molar refractivity (Wildman–Crippen MR) is 72.8 cm³/mol. The van der Waals surface area contributed by atoms with Crippen LogP contribution >= 0.6 is 0 Å². The molecular weight excluding hydrogens is 224 g/mol. The van der Waals surface area contributed by atoms with E-state index in [1.165, 1.54) is 24.8 Å². The van der Waals surface area contributed by atoms with Gasteiger partial charge in [0.1, 0.15) is 5.82 Å². The Morgan fingerprint density at radius 3 is 2.89 bits per heavy atom. The van der Waals surface area contributed by atoms with Crippen molar-refractivity contribution >= 4 is 11.0 Å². The van der Waals surface area contributed by atoms with Gasteiger partial charge < -0.3 is 10.1 Å². The summed E-state index contributed by atoms with van der Waals surface area (Å²) in [6.07, 6.45) is 4.82. The number of aromatic amines is 1. The molecule has 3 heteroatoms. The number of H-pyrrole nitrogens is 1. The summed E-state index contributed by atoms with van der Waals surface area (Å²) in [5.41, 5.74) is 3.37. The molecule has 1 unspecified atom stereocenters. The second-order valence-corrected chi connectivity index (χ2v) is 5.31. The van der Waals surface area contributed by atoms with E-state index in [1.54, 1.807) is 0 Å². The van der Waals surface area contributed by atoms with Crippen molar-refractivity contribution in [3.63, 3.8) is 0 Å². The number of aromatic nitrogens is 2. The molecule has 1 saturated carbocycles. The van der Waals surface area contributed by atoms with Gasteiger partial charge in [0, 0.05) is 18.4 Å². The number of benzene rings is 1. The zero-order valence-electron chi connectivity index (χ0n) is 10.8. The Morgan fingerprint density at radius 1 is 1.44 bits per heavy atom. The van der Waals surface area contributed by atoms with E-state index in [9.17, 15) is 5.11 Å². The van der Waals surface area contributed by atoms with Gasteiger partial charge in [-0.1, -0.05) is 19.4 Å². The molecule has 0 spiro atoms. The molecule has 96 valence electrons. The summed E-state index contributed by atoms with van der Waals surface area (Å²) in [5, 5.41) is 9.37. The first-order chi connectivity index (χ1) is 8.81. The van der Waals surface area contributed by atoms with Gasteiger partial charge in [-0.2, -0.15) is 0 Å². The first-order valence-corrected chi connectivity index (χ1v) is 6.92. The van der Waals surface area contributed by atoms with Gasteiger partial charge >= 0.3 is 0 Å². The minimum absolute atomic E-state index is 0.214. The van der Waals surface area contributed by atoms with Crippen molar-refractivity contribution in [2.24, 2.45) is 0 Å². The third kappa shape index (κ3) is 1.93. The van der Waals surface area contributed by atoms with Crippen molar-refractivity contribution in [2.75, 3.05) is 6.61 Å². The molecule has 0 amide bonds. The molecule has 0 saturated heterocycles. The SMILES string of the molecule is CCC(CO)c1ccc2nc(C3CCC3)[nH]c2c1. The lowest BCUT2D eigenvalue weighted by Gasteiger charge is -2.22. The zero-order chi connectivity index (χ0) is 12.5. The van der Waals surface area contributed by atoms with Crippen molar-refractivity contribution in [1.82, 2.24) is 9.97 Å². The summed E-state index contributed by atoms with van der Waals surface area (Å²) in [7, 11) is 0. The van der Waals surface area contributed by atoms with Crippen molar-refractivity contribution in [3.05, 3.63) is 29.6 Å². The predicted octanol–water partition coefficient (Wildman–Crippen LogP) is 3.32. The average molecular weight is 244 g/mol. The quantitative estimate of drug-likeness (QED) is 0.866. The molecular formula is C15H20N2O. The minimum Gasteiger partial charge on any atom is -0.396 e. The van der Waals surface area contributed by atoms with Crippen LogP contribution in [0, 0.1) is 0 Å². The minimum atomic E-state index is 0.214. The maximum Gasteiger partial charge on any atom is 0.110 e. The van der Waals surface area contributed by atoms with Crippen molar-refractivity contribution in [2.45, 2.75) is 44.4 Å². The summed E-state index contributed by atoms with van der Waals surface area (Å²) in [4.78, 5) is 8.12. The second-order valence-electron chi connectivity index (χ2n) is 5.31. The number of rotatable bonds is 4. The van der Waals surface area contributed by atoms with Gasteiger partial charge in [0.25, 0.3) is 0 Å². The maximum absolute atomic E-state index is 9.37. The molecule has 1 fully saturated rings. The largest absolute Gasteiger partial charge is 0.396 e. The zero-order valence-corrected chi connectivity index (χ0v) is 10.8. The topological polar surface area (TPSA) is 48.9 Å². The first-order valence-electron chi connectivity index (χ1n) is 6.92. The summed E-state index contributed by atoms with van der Waals surface area (Å²) < 4.78 is 0. The summed E-state index contributed by atoms with van der Waals surface area (Å²) in [5.74, 6) is 2.02. The number of hydrogen-bond acceptors (Lipinski definition) is 2. The fourth-order valence-electron chi connectivity index (χ4n) is 2.65. The van der Waals surface area contributed by atoms with E-state index in [1.807, 2.05) is 0 Å². The molecule has 2 aromatic rings. The van der Waals surface area contributed by atoms with E-state index in [-0.39, 0.29) is 12.5 Å². The van der Waals surface area contributed by atoms with Crippen LogP contribution < -0.4 is 0 Å². The lowest BCUT2D eigenvalue weighted by atomic mass is 9.85. The van der Waals surface area contributed by atoms with Crippen LogP contribution in [-0.4, -0.2) is 21.7 Å². The summed E-state index contributed by atoms with van der Waals surface area (Å²) >= 11 is 0. The normalized spacial score (nSPS) is 17.9. The lowest BCUT2D eigenvalue weighted by Crippen LogP contribution is -2.10. The Bertz CT molecular complexity index is 538. The molecule has 1 aromatic carbocycles. The number of nitrogens with zero attached hydrogens (tertiary/aromatic N) is 1. The van der Waals surface area contributed by atoms with Crippen LogP contribution in [-0.2, 0) is 0 Å². The Balaban J connectivity index is 1.95. The molecule has 1 atom stereocenters. The monoisotopic (exact) mass is 244 g/mol. The molecule has 1 heterocycles. The van der Waals surface area contributed by atoms with Gasteiger partial charge in [-0.3, -0.25) is 0 Å². The summed E-state index contributed by atoms with van der Waals surface area (Å²) in [6, 6.07) is 6.31. The van der Waals surface area contributed by atoms with Gasteiger partial charge in [0.2, 0.25) is 0 Å². The molecule has 1 aliphatic carbocycles. The highest BCUT2D eigenvalue weighted by molar-refractivity contribution is 5.76. The molecule has 0 radical (unpaired) electrons. The standard InChI is InChI=1S/C15H20N2O/c1-2-10(9-18)12-6-7-13-14(8-12)17-15(16-13)11-4-3-5-11/h6-8,10-11,18H,2-5,9H2,1H3,(H,16,17). The van der Waals surface area contributed by atoms with E-state index in [2.05, 4.69) is 35.1 Å². The van der Waals surface area contributed by atoms with Gasteiger partial charge in [0.05, 0.1) is 11.0 Å². The maximum atomic E-state index is 9.37. The van der Waals surface area contributed by atoms with E-state index < -0.39 is 0 Å². The van der Waals surface area contributed by atoms with E-state index in [0.717, 1.165) is 23.3 Å². The third-order valence-electron chi connectivity index (χ3n) is 4.20. The van der Waals surface area contributed by atoms with Gasteiger partial charge in [-0.25, -0.2) is 4.98 Å². The van der Waals surface area contributed by atoms with E-state index in [4.69, 9.17) is 0 Å². The Labute approximate surface area is 107 Å². The van der Waals surface area contributed by atoms with Crippen molar-refractivity contribution < 1.29 is 5.11 Å². The molecule has 0 aliphatic heterocycles. The second kappa shape index (κ2) is 4.73. The molecule has 0 bridgehead atoms. The molecule has 1 aliphatic rings. The van der Waals surface area contributed by atoms with Crippen LogP contribution in [0.4, 0.5) is 0 Å². The van der Waals surface area contributed by atoms with Crippen LogP contribution in [0.15, 0.2) is 18.2 Å². The molecule has 3 nitrogen and oxygen atoms in total. The van der Waals surface area contributed by atoms with Gasteiger partial charge in [-0.15, -0.1) is 0 Å². The number of aliphatic hydroxyl groups is 1. The van der Waals surface area contributed by atoms with Crippen LogP contribution in [0.2, 0.25) is 0 Å². The fraction of sp³-hybridized carbons (Fsp3) is 0.533. The van der Waals surface area contributed by atoms with E-state index in [0.29, 0.717) is 5.92 Å². The highest BCUT2D eigenvalue weighted by Gasteiger charge is 2.22. The Morgan fingerprint density at radius 2 is 2.28 bits per heavy atom. The first kappa shape index (κ1) is 11.7. The van der Waals surface area contributed by atoms with Crippen LogP contribution in [0.5, 0.6) is 0 Å². The highest BCUT2D eigenvalue weighted by Crippen LogP contribution is 2.35. The van der Waals surface area contributed by atoms with Crippen LogP contribution in [0.25, 0.3) is 11.0 Å². The van der Waals surface area contributed by atoms with Gasteiger partial charge in [-0.05, 0) is 37.0 Å². The van der Waals surface area contributed by atoms with E-state index >= 15 is 0 Å². The molecule has 3 rings (SSSR count). The van der Waals surface area contributed by atoms with Crippen molar-refractivity contribution in [3.8, 4) is 0 Å². The summed E-state index contributed by atoms with van der Waals surface area (Å²) in [6.45, 7) is 2.32. The van der Waals surface area contributed by atoms with Crippen molar-refractivity contribution in [1.29, 1.82) is 0 Å². The number of fused-ring (bicyclic) bond motifs is 1. The van der Waals surface area contributed by atoms with Crippen LogP contribution in [0.1, 0.15) is 55.8 Å². The van der Waals surface area contributed by atoms with Crippen LogP contribution in [0.3, 0.4) is 0 Å². The number of aliphatic hydroxyl groups excluding tert-OH is 1.